The van der Waals surface area contributed by atoms with Crippen LogP contribution in [0.15, 0.2) is 33.7 Å². The second kappa shape index (κ2) is 5.04. The highest BCUT2D eigenvalue weighted by molar-refractivity contribution is 7.89. The maximum Gasteiger partial charge on any atom is 0.403 e. The summed E-state index contributed by atoms with van der Waals surface area (Å²) in [5.41, 5.74) is -1.11. The van der Waals surface area contributed by atoms with E-state index in [4.69, 9.17) is 9.66 Å². The Bertz CT molecular complexity index is 917. The quantitative estimate of drug-likeness (QED) is 0.888. The third-order valence-electron chi connectivity index (χ3n) is 4.90. The minimum Gasteiger partial charge on any atom is -0.338 e. The van der Waals surface area contributed by atoms with Gasteiger partial charge in [0.1, 0.15) is 5.41 Å². The van der Waals surface area contributed by atoms with Gasteiger partial charge in [-0.3, -0.25) is 0 Å². The number of halogens is 3. The molecule has 6 nitrogen and oxygen atoms in total. The molecule has 0 spiro atoms. The molecule has 2 aliphatic carbocycles. The third kappa shape index (κ3) is 2.73. The molecule has 0 aliphatic heterocycles. The summed E-state index contributed by atoms with van der Waals surface area (Å²) in [6.45, 7) is 0. The minimum atomic E-state index is -4.39. The highest BCUT2D eigenvalue weighted by Gasteiger charge is 2.68. The lowest BCUT2D eigenvalue weighted by Gasteiger charge is -2.13. The summed E-state index contributed by atoms with van der Waals surface area (Å²) >= 11 is 0. The first-order valence-corrected chi connectivity index (χ1v) is 9.20. The molecule has 0 saturated heterocycles. The summed E-state index contributed by atoms with van der Waals surface area (Å²) in [5.74, 6) is -0.181. The van der Waals surface area contributed by atoms with Crippen LogP contribution in [0, 0.1) is 0 Å². The molecule has 2 atom stereocenters. The van der Waals surface area contributed by atoms with E-state index in [0.29, 0.717) is 6.42 Å². The second-order valence-corrected chi connectivity index (χ2v) is 8.16. The van der Waals surface area contributed by atoms with Gasteiger partial charge in [-0.15, -0.1) is 0 Å². The Morgan fingerprint density at radius 1 is 1.16 bits per heavy atom. The van der Waals surface area contributed by atoms with Crippen LogP contribution in [-0.4, -0.2) is 24.7 Å². The summed E-state index contributed by atoms with van der Waals surface area (Å²) in [5, 5.41) is 8.78. The predicted octanol–water partition coefficient (Wildman–Crippen LogP) is 2.58. The Labute approximate surface area is 141 Å². The molecule has 4 rings (SSSR count). The molecule has 2 aromatic rings. The molecule has 1 aromatic carbocycles. The number of nitrogens with zero attached hydrogens (tertiary/aromatic N) is 2. The fourth-order valence-electron chi connectivity index (χ4n) is 3.08. The van der Waals surface area contributed by atoms with E-state index < -0.39 is 21.6 Å². The average molecular weight is 373 g/mol. The number of nitrogens with two attached hydrogens (primary N) is 1. The first-order chi connectivity index (χ1) is 11.6. The van der Waals surface area contributed by atoms with E-state index in [0.717, 1.165) is 5.56 Å². The van der Waals surface area contributed by atoms with Crippen LogP contribution < -0.4 is 5.14 Å². The van der Waals surface area contributed by atoms with Gasteiger partial charge in [-0.2, -0.15) is 18.2 Å². The van der Waals surface area contributed by atoms with E-state index in [1.807, 2.05) is 0 Å². The normalized spacial score (nSPS) is 25.0. The Kier molecular flexibility index (Phi) is 3.33. The summed E-state index contributed by atoms with van der Waals surface area (Å²) < 4.78 is 66.7. The fraction of sp³-hybridized carbons (Fsp3) is 0.467. The van der Waals surface area contributed by atoms with Crippen molar-refractivity contribution in [2.24, 2.45) is 5.14 Å². The van der Waals surface area contributed by atoms with E-state index in [2.05, 4.69) is 10.1 Å². The number of alkyl halides is 3. The molecule has 10 heteroatoms. The number of aromatic nitrogens is 2. The van der Waals surface area contributed by atoms with Crippen LogP contribution in [-0.2, 0) is 15.4 Å². The van der Waals surface area contributed by atoms with Gasteiger partial charge in [-0.25, -0.2) is 13.6 Å². The number of benzene rings is 1. The lowest BCUT2D eigenvalue weighted by atomic mass is 10.1. The number of hydrogen-bond donors (Lipinski definition) is 1. The van der Waals surface area contributed by atoms with Crippen LogP contribution in [0.4, 0.5) is 13.2 Å². The number of rotatable bonds is 4. The topological polar surface area (TPSA) is 99.1 Å². The van der Waals surface area contributed by atoms with Crippen molar-refractivity contribution in [2.45, 2.75) is 47.6 Å². The van der Waals surface area contributed by atoms with Crippen LogP contribution in [0.5, 0.6) is 0 Å². The lowest BCUT2D eigenvalue weighted by Crippen LogP contribution is -2.29. The van der Waals surface area contributed by atoms with Gasteiger partial charge in [0.15, 0.2) is 5.82 Å². The van der Waals surface area contributed by atoms with Crippen LogP contribution in [0.25, 0.3) is 0 Å². The van der Waals surface area contributed by atoms with Crippen LogP contribution in [0.2, 0.25) is 0 Å². The summed E-state index contributed by atoms with van der Waals surface area (Å²) in [7, 11) is -3.76. The number of hydrogen-bond acceptors (Lipinski definition) is 5. The van der Waals surface area contributed by atoms with Crippen molar-refractivity contribution in [3.05, 3.63) is 41.5 Å². The van der Waals surface area contributed by atoms with Crippen molar-refractivity contribution >= 4 is 10.0 Å². The highest BCUT2D eigenvalue weighted by Crippen LogP contribution is 2.59. The minimum absolute atomic E-state index is 0.0103. The van der Waals surface area contributed by atoms with Crippen molar-refractivity contribution < 1.29 is 26.1 Å². The summed E-state index contributed by atoms with van der Waals surface area (Å²) in [4.78, 5) is 4.00. The van der Waals surface area contributed by atoms with Crippen molar-refractivity contribution in [1.29, 1.82) is 0 Å². The van der Waals surface area contributed by atoms with Crippen molar-refractivity contribution in [3.8, 4) is 0 Å². The Morgan fingerprint density at radius 2 is 1.80 bits per heavy atom. The van der Waals surface area contributed by atoms with Gasteiger partial charge in [0.05, 0.1) is 4.90 Å². The van der Waals surface area contributed by atoms with Crippen LogP contribution in [0.1, 0.15) is 48.4 Å². The predicted molar refractivity (Wildman–Crippen MR) is 79.2 cm³/mol. The second-order valence-electron chi connectivity index (χ2n) is 6.60. The van der Waals surface area contributed by atoms with Gasteiger partial charge < -0.3 is 4.52 Å². The monoisotopic (exact) mass is 373 g/mol. The zero-order valence-corrected chi connectivity index (χ0v) is 13.6. The summed E-state index contributed by atoms with van der Waals surface area (Å²) in [6, 6.07) is 6.10. The van der Waals surface area contributed by atoms with Gasteiger partial charge in [0, 0.05) is 5.92 Å². The maximum atomic E-state index is 13.1. The molecule has 2 aliphatic rings. The molecule has 2 saturated carbocycles. The maximum absolute atomic E-state index is 13.1. The molecule has 2 N–H and O–H groups in total. The first-order valence-electron chi connectivity index (χ1n) is 7.65. The SMILES string of the molecule is NS(=O)(=O)c1ccc([C@@H]2C[C@H]2c2noc(C3(C(F)(F)F)CC3)n2)cc1. The van der Waals surface area contributed by atoms with Crippen molar-refractivity contribution in [2.75, 3.05) is 0 Å². The van der Waals surface area contributed by atoms with E-state index in [1.54, 1.807) is 12.1 Å². The molecule has 2 fully saturated rings. The number of primary sulfonamides is 1. The van der Waals surface area contributed by atoms with Crippen molar-refractivity contribution in [1.82, 2.24) is 10.1 Å². The molecule has 134 valence electrons. The Morgan fingerprint density at radius 3 is 2.32 bits per heavy atom. The van der Waals surface area contributed by atoms with Crippen molar-refractivity contribution in [3.63, 3.8) is 0 Å². The fourth-order valence-corrected chi connectivity index (χ4v) is 3.59. The molecule has 0 radical (unpaired) electrons. The molecule has 1 heterocycles. The van der Waals surface area contributed by atoms with Gasteiger partial charge in [-0.05, 0) is 42.9 Å². The smallest absolute Gasteiger partial charge is 0.338 e. The molecule has 1 aromatic heterocycles. The zero-order chi connectivity index (χ0) is 18.0. The molecular formula is C15H14F3N3O3S. The van der Waals surface area contributed by atoms with Crippen LogP contribution in [0.3, 0.4) is 0 Å². The van der Waals surface area contributed by atoms with E-state index >= 15 is 0 Å². The average Bonchev–Trinajstić information content (AvgIpc) is 3.44. The molecule has 0 unspecified atom stereocenters. The van der Waals surface area contributed by atoms with E-state index in [-0.39, 0.29) is 41.3 Å². The van der Waals surface area contributed by atoms with Crippen LogP contribution >= 0.6 is 0 Å². The first kappa shape index (κ1) is 16.5. The van der Waals surface area contributed by atoms with Gasteiger partial charge >= 0.3 is 6.18 Å². The Balaban J connectivity index is 1.51. The van der Waals surface area contributed by atoms with Gasteiger partial charge in [0.2, 0.25) is 15.9 Å². The van der Waals surface area contributed by atoms with E-state index in [9.17, 15) is 21.6 Å². The number of sulfonamides is 1. The Hall–Kier alpha value is -1.94. The summed E-state index contributed by atoms with van der Waals surface area (Å²) in [6.07, 6.45) is -3.77. The third-order valence-corrected chi connectivity index (χ3v) is 5.83. The zero-order valence-electron chi connectivity index (χ0n) is 12.8. The highest BCUT2D eigenvalue weighted by atomic mass is 32.2. The largest absolute Gasteiger partial charge is 0.403 e. The van der Waals surface area contributed by atoms with Gasteiger partial charge in [0.25, 0.3) is 0 Å². The molecule has 0 bridgehead atoms. The standard InChI is InChI=1S/C15H14F3N3O3S/c16-15(17,18)14(5-6-14)13-20-12(21-24-13)11-7-10(11)8-1-3-9(4-2-8)25(19,22)23/h1-4,10-11H,5-7H2,(H2,19,22,23)/t10-,11+/m0/s1. The van der Waals surface area contributed by atoms with E-state index in [1.165, 1.54) is 12.1 Å². The molecule has 0 amide bonds. The molecular weight excluding hydrogens is 359 g/mol. The molecule has 25 heavy (non-hydrogen) atoms. The van der Waals surface area contributed by atoms with Gasteiger partial charge in [-0.1, -0.05) is 17.3 Å². The lowest BCUT2D eigenvalue weighted by molar-refractivity contribution is -0.166.